The lowest BCUT2D eigenvalue weighted by Gasteiger charge is -2.22. The molecule has 37 heavy (non-hydrogen) atoms. The predicted molar refractivity (Wildman–Crippen MR) is 138 cm³/mol. The van der Waals surface area contributed by atoms with Gasteiger partial charge in [0, 0.05) is 36.8 Å². The molecule has 1 atom stereocenters. The van der Waals surface area contributed by atoms with Crippen LogP contribution < -0.4 is 10.2 Å². The van der Waals surface area contributed by atoms with Crippen molar-refractivity contribution in [2.75, 3.05) is 23.7 Å². The van der Waals surface area contributed by atoms with Crippen LogP contribution in [0.25, 0.3) is 0 Å². The highest BCUT2D eigenvalue weighted by molar-refractivity contribution is 7.91. The molecule has 1 unspecified atom stereocenters. The Morgan fingerprint density at radius 3 is 2.30 bits per heavy atom. The number of aryl methyl sites for hydroxylation is 1. The van der Waals surface area contributed by atoms with Crippen molar-refractivity contribution < 1.29 is 26.4 Å². The van der Waals surface area contributed by atoms with Crippen LogP contribution in [-0.2, 0) is 22.6 Å². The highest BCUT2D eigenvalue weighted by atomic mass is 32.2. The fourth-order valence-corrected chi connectivity index (χ4v) is 5.50. The summed E-state index contributed by atoms with van der Waals surface area (Å²) in [5.74, 6) is -0.0571. The van der Waals surface area contributed by atoms with Crippen molar-refractivity contribution in [3.63, 3.8) is 0 Å². The molecule has 1 heterocycles. The number of sulfone groups is 1. The number of amides is 1. The van der Waals surface area contributed by atoms with Crippen molar-refractivity contribution in [2.45, 2.75) is 43.8 Å². The van der Waals surface area contributed by atoms with Crippen LogP contribution in [-0.4, -0.2) is 33.2 Å². The van der Waals surface area contributed by atoms with Gasteiger partial charge in [-0.3, -0.25) is 4.79 Å². The van der Waals surface area contributed by atoms with Gasteiger partial charge in [0.1, 0.15) is 0 Å². The Kier molecular flexibility index (Phi) is 7.64. The number of hydrogen-bond donors (Lipinski definition) is 1. The van der Waals surface area contributed by atoms with Gasteiger partial charge in [-0.15, -0.1) is 0 Å². The maximum atomic E-state index is 12.9. The number of carbonyl (C=O) groups is 1. The topological polar surface area (TPSA) is 66.5 Å². The molecule has 0 saturated carbocycles. The SMILES string of the molecule is CCS(=O)(=O)c1ccc(CNC(=O)c2ccc(N3CCC(c4ccc(C(F)(F)F)cc4)C3)c(C)c2)cc1. The summed E-state index contributed by atoms with van der Waals surface area (Å²) in [4.78, 5) is 15.2. The lowest BCUT2D eigenvalue weighted by molar-refractivity contribution is -0.137. The Morgan fingerprint density at radius 1 is 1.03 bits per heavy atom. The molecular formula is C28H29F3N2O3S. The largest absolute Gasteiger partial charge is 0.416 e. The van der Waals surface area contributed by atoms with E-state index in [0.29, 0.717) is 12.1 Å². The van der Waals surface area contributed by atoms with Crippen molar-refractivity contribution in [3.8, 4) is 0 Å². The van der Waals surface area contributed by atoms with Gasteiger partial charge in [0.05, 0.1) is 16.2 Å². The van der Waals surface area contributed by atoms with E-state index < -0.39 is 21.6 Å². The van der Waals surface area contributed by atoms with Gasteiger partial charge in [-0.1, -0.05) is 31.2 Å². The maximum Gasteiger partial charge on any atom is 0.416 e. The molecular weight excluding hydrogens is 501 g/mol. The number of rotatable bonds is 7. The van der Waals surface area contributed by atoms with Gasteiger partial charge >= 0.3 is 6.18 Å². The quantitative estimate of drug-likeness (QED) is 0.424. The van der Waals surface area contributed by atoms with Crippen LogP contribution in [0.1, 0.15) is 51.9 Å². The summed E-state index contributed by atoms with van der Waals surface area (Å²) in [5, 5.41) is 2.87. The minimum Gasteiger partial charge on any atom is -0.371 e. The van der Waals surface area contributed by atoms with Gasteiger partial charge in [0.25, 0.3) is 5.91 Å². The van der Waals surface area contributed by atoms with E-state index in [2.05, 4.69) is 10.2 Å². The Balaban J connectivity index is 1.36. The zero-order valence-corrected chi connectivity index (χ0v) is 21.5. The van der Waals surface area contributed by atoms with Crippen LogP contribution in [0.5, 0.6) is 0 Å². The van der Waals surface area contributed by atoms with E-state index in [4.69, 9.17) is 0 Å². The molecule has 0 aromatic heterocycles. The molecule has 1 fully saturated rings. The minimum absolute atomic E-state index is 0.0333. The summed E-state index contributed by atoms with van der Waals surface area (Å²) in [6.45, 7) is 5.28. The van der Waals surface area contributed by atoms with E-state index in [1.54, 1.807) is 49.4 Å². The second-order valence-electron chi connectivity index (χ2n) is 9.28. The first kappa shape index (κ1) is 26.7. The highest BCUT2D eigenvalue weighted by Gasteiger charge is 2.31. The third-order valence-corrected chi connectivity index (χ3v) is 8.56. The Hall–Kier alpha value is -3.33. The van der Waals surface area contributed by atoms with E-state index in [1.807, 2.05) is 19.1 Å². The van der Waals surface area contributed by atoms with Crippen LogP contribution in [0.2, 0.25) is 0 Å². The van der Waals surface area contributed by atoms with Gasteiger partial charge in [-0.05, 0) is 72.5 Å². The molecule has 1 N–H and O–H groups in total. The smallest absolute Gasteiger partial charge is 0.371 e. The fourth-order valence-electron chi connectivity index (χ4n) is 4.61. The van der Waals surface area contributed by atoms with E-state index >= 15 is 0 Å². The molecule has 196 valence electrons. The number of halogens is 3. The minimum atomic E-state index is -4.34. The van der Waals surface area contributed by atoms with Crippen molar-refractivity contribution in [1.29, 1.82) is 0 Å². The van der Waals surface area contributed by atoms with Gasteiger partial charge in [-0.2, -0.15) is 13.2 Å². The molecule has 4 rings (SSSR count). The van der Waals surface area contributed by atoms with E-state index in [0.717, 1.165) is 47.5 Å². The molecule has 9 heteroatoms. The third-order valence-electron chi connectivity index (χ3n) is 6.81. The Labute approximate surface area is 215 Å². The Bertz CT molecular complexity index is 1370. The molecule has 0 radical (unpaired) electrons. The van der Waals surface area contributed by atoms with Gasteiger partial charge in [0.15, 0.2) is 9.84 Å². The number of alkyl halides is 3. The zero-order valence-electron chi connectivity index (χ0n) is 20.7. The number of carbonyl (C=O) groups excluding carboxylic acids is 1. The predicted octanol–water partition coefficient (Wildman–Crippen LogP) is 5.73. The van der Waals surface area contributed by atoms with Crippen LogP contribution in [0.3, 0.4) is 0 Å². The average Bonchev–Trinajstić information content (AvgIpc) is 3.37. The number of anilines is 1. The highest BCUT2D eigenvalue weighted by Crippen LogP contribution is 2.35. The average molecular weight is 531 g/mol. The molecule has 3 aromatic rings. The number of benzene rings is 3. The van der Waals surface area contributed by atoms with Crippen molar-refractivity contribution in [3.05, 3.63) is 94.5 Å². The lowest BCUT2D eigenvalue weighted by atomic mass is 9.97. The number of hydrogen-bond acceptors (Lipinski definition) is 4. The van der Waals surface area contributed by atoms with Crippen LogP contribution in [0.4, 0.5) is 18.9 Å². The van der Waals surface area contributed by atoms with Crippen molar-refractivity contribution in [1.82, 2.24) is 5.32 Å². The first-order chi connectivity index (χ1) is 17.5. The normalized spacial score (nSPS) is 16.1. The second-order valence-corrected chi connectivity index (χ2v) is 11.6. The molecule has 0 aliphatic carbocycles. The van der Waals surface area contributed by atoms with E-state index in [9.17, 15) is 26.4 Å². The number of nitrogens with one attached hydrogen (secondary N) is 1. The van der Waals surface area contributed by atoms with Gasteiger partial charge in [0.2, 0.25) is 0 Å². The monoisotopic (exact) mass is 530 g/mol. The summed E-state index contributed by atoms with van der Waals surface area (Å²) in [6.07, 6.45) is -3.50. The van der Waals surface area contributed by atoms with Crippen LogP contribution in [0.15, 0.2) is 71.6 Å². The standard InChI is InChI=1S/C28H29F3N2O3S/c1-3-37(35,36)25-11-4-20(5-12-25)17-32-27(34)22-8-13-26(19(2)16-22)33-15-14-23(18-33)21-6-9-24(10-7-21)28(29,30)31/h4-13,16,23H,3,14-15,17-18H2,1-2H3,(H,32,34). The molecule has 0 bridgehead atoms. The first-order valence-electron chi connectivity index (χ1n) is 12.1. The molecule has 5 nitrogen and oxygen atoms in total. The lowest BCUT2D eigenvalue weighted by Crippen LogP contribution is -2.24. The molecule has 3 aromatic carbocycles. The zero-order chi connectivity index (χ0) is 26.8. The number of nitrogens with zero attached hydrogens (tertiary/aromatic N) is 1. The molecule has 1 saturated heterocycles. The second kappa shape index (κ2) is 10.6. The van der Waals surface area contributed by atoms with Crippen LogP contribution >= 0.6 is 0 Å². The summed E-state index contributed by atoms with van der Waals surface area (Å²) < 4.78 is 62.5. The van der Waals surface area contributed by atoms with Gasteiger partial charge in [-0.25, -0.2) is 8.42 Å². The summed E-state index contributed by atoms with van der Waals surface area (Å²) >= 11 is 0. The summed E-state index contributed by atoms with van der Waals surface area (Å²) in [6, 6.07) is 17.4. The van der Waals surface area contributed by atoms with E-state index in [1.165, 1.54) is 0 Å². The van der Waals surface area contributed by atoms with Crippen molar-refractivity contribution in [2.24, 2.45) is 0 Å². The fraction of sp³-hybridized carbons (Fsp3) is 0.321. The first-order valence-corrected chi connectivity index (χ1v) is 13.8. The maximum absolute atomic E-state index is 12.9. The van der Waals surface area contributed by atoms with Crippen molar-refractivity contribution >= 4 is 21.4 Å². The Morgan fingerprint density at radius 2 is 1.70 bits per heavy atom. The summed E-state index contributed by atoms with van der Waals surface area (Å²) in [5.41, 5.74) is 3.50. The molecule has 1 amide bonds. The summed E-state index contributed by atoms with van der Waals surface area (Å²) in [7, 11) is -3.26. The third kappa shape index (κ3) is 6.15. The molecule has 0 spiro atoms. The van der Waals surface area contributed by atoms with Gasteiger partial charge < -0.3 is 10.2 Å². The molecule has 1 aliphatic rings. The van der Waals surface area contributed by atoms with Crippen LogP contribution in [0, 0.1) is 6.92 Å². The van der Waals surface area contributed by atoms with E-state index in [-0.39, 0.29) is 29.0 Å². The molecule has 1 aliphatic heterocycles.